The molecule has 4 aromatic rings. The molecule has 5 rings (SSSR count). The van der Waals surface area contributed by atoms with Crippen molar-refractivity contribution in [2.75, 3.05) is 4.90 Å². The van der Waals surface area contributed by atoms with E-state index >= 15 is 0 Å². The number of rotatable bonds is 5. The maximum atomic E-state index is 5.92. The molecule has 2 aromatic carbocycles. The number of pyridine rings is 1. The van der Waals surface area contributed by atoms with Gasteiger partial charge in [-0.1, -0.05) is 42.5 Å². The highest BCUT2D eigenvalue weighted by atomic mass is 32.1. The first-order valence-corrected chi connectivity index (χ1v) is 12.1. The van der Waals surface area contributed by atoms with Crippen LogP contribution in [-0.2, 0) is 6.54 Å². The van der Waals surface area contributed by atoms with Crippen LogP contribution in [0.15, 0.2) is 79.0 Å². The highest BCUT2D eigenvalue weighted by Gasteiger charge is 2.42. The summed E-state index contributed by atoms with van der Waals surface area (Å²) in [6.45, 7) is 9.56. The van der Waals surface area contributed by atoms with Crippen LogP contribution in [0, 0.1) is 27.7 Å². The third kappa shape index (κ3) is 4.01. The van der Waals surface area contributed by atoms with Gasteiger partial charge in [-0.05, 0) is 92.5 Å². The Bertz CT molecular complexity index is 1330. The van der Waals surface area contributed by atoms with Crippen LogP contribution in [0.3, 0.4) is 0 Å². The van der Waals surface area contributed by atoms with E-state index in [9.17, 15) is 0 Å². The standard InChI is InChI=1S/C29H30N4S/c1-19-13-14-24(16-20(19)2)33-28(27(31-29(33)34)26-12-8-9-15-30-26)25-17-21(3)32(22(25)4)18-23-10-6-5-7-11-23/h5-17,27-28H,18H2,1-4H3,(H,31,34)/t27-,28-/m1/s1. The smallest absolute Gasteiger partial charge is 0.174 e. The Morgan fingerprint density at radius 3 is 2.35 bits per heavy atom. The first kappa shape index (κ1) is 22.4. The van der Waals surface area contributed by atoms with Gasteiger partial charge in [0.25, 0.3) is 0 Å². The van der Waals surface area contributed by atoms with E-state index in [2.05, 4.69) is 103 Å². The van der Waals surface area contributed by atoms with Gasteiger partial charge in [-0.3, -0.25) is 4.98 Å². The van der Waals surface area contributed by atoms with Gasteiger partial charge < -0.3 is 14.8 Å². The number of nitrogens with zero attached hydrogens (tertiary/aromatic N) is 3. The number of aryl methyl sites for hydroxylation is 3. The molecular weight excluding hydrogens is 436 g/mol. The van der Waals surface area contributed by atoms with Crippen LogP contribution in [0.1, 0.15) is 51.4 Å². The summed E-state index contributed by atoms with van der Waals surface area (Å²) in [7, 11) is 0. The molecule has 1 saturated heterocycles. The first-order chi connectivity index (χ1) is 16.4. The van der Waals surface area contributed by atoms with Crippen LogP contribution >= 0.6 is 12.2 Å². The van der Waals surface area contributed by atoms with Crippen LogP contribution in [0.25, 0.3) is 0 Å². The van der Waals surface area contributed by atoms with Crippen molar-refractivity contribution in [1.82, 2.24) is 14.9 Å². The van der Waals surface area contributed by atoms with Crippen molar-refractivity contribution in [3.63, 3.8) is 0 Å². The number of thiocarbonyl (C=S) groups is 1. The zero-order chi connectivity index (χ0) is 23.8. The number of anilines is 1. The van der Waals surface area contributed by atoms with Gasteiger partial charge in [-0.25, -0.2) is 0 Å². The fraction of sp³-hybridized carbons (Fsp3) is 0.241. The quantitative estimate of drug-likeness (QED) is 0.348. The van der Waals surface area contributed by atoms with Crippen molar-refractivity contribution in [3.05, 3.63) is 118 Å². The molecule has 172 valence electrons. The Labute approximate surface area is 207 Å². The van der Waals surface area contributed by atoms with Crippen LogP contribution in [-0.4, -0.2) is 14.7 Å². The molecule has 0 amide bonds. The second-order valence-electron chi connectivity index (χ2n) is 9.16. The number of hydrogen-bond acceptors (Lipinski definition) is 2. The summed E-state index contributed by atoms with van der Waals surface area (Å²) in [5.74, 6) is 0. The van der Waals surface area contributed by atoms with E-state index < -0.39 is 0 Å². The molecule has 1 aliphatic heterocycles. The maximum Gasteiger partial charge on any atom is 0.174 e. The van der Waals surface area contributed by atoms with Crippen LogP contribution in [0.2, 0.25) is 0 Å². The minimum atomic E-state index is -0.0408. The third-order valence-electron chi connectivity index (χ3n) is 6.98. The van der Waals surface area contributed by atoms with E-state index in [-0.39, 0.29) is 12.1 Å². The molecule has 0 radical (unpaired) electrons. The summed E-state index contributed by atoms with van der Waals surface area (Å²) < 4.78 is 2.40. The largest absolute Gasteiger partial charge is 0.351 e. The van der Waals surface area contributed by atoms with E-state index in [4.69, 9.17) is 17.2 Å². The Morgan fingerprint density at radius 2 is 1.65 bits per heavy atom. The third-order valence-corrected chi connectivity index (χ3v) is 7.30. The van der Waals surface area contributed by atoms with E-state index in [1.807, 2.05) is 18.3 Å². The Hall–Kier alpha value is -3.44. The summed E-state index contributed by atoms with van der Waals surface area (Å²) in [6.07, 6.45) is 1.86. The normalized spacial score (nSPS) is 17.8. The Morgan fingerprint density at radius 1 is 0.882 bits per heavy atom. The van der Waals surface area contributed by atoms with E-state index in [0.29, 0.717) is 0 Å². The predicted molar refractivity (Wildman–Crippen MR) is 143 cm³/mol. The zero-order valence-electron chi connectivity index (χ0n) is 20.1. The fourth-order valence-electron chi connectivity index (χ4n) is 4.96. The number of hydrogen-bond donors (Lipinski definition) is 1. The molecular formula is C29H30N4S. The lowest BCUT2D eigenvalue weighted by atomic mass is 9.96. The highest BCUT2D eigenvalue weighted by molar-refractivity contribution is 7.80. The molecule has 4 nitrogen and oxygen atoms in total. The number of nitrogens with one attached hydrogen (secondary N) is 1. The second-order valence-corrected chi connectivity index (χ2v) is 9.55. The van der Waals surface area contributed by atoms with Crippen molar-refractivity contribution >= 4 is 23.0 Å². The minimum absolute atomic E-state index is 0.000212. The molecule has 1 aliphatic rings. The fourth-order valence-corrected chi connectivity index (χ4v) is 5.31. The van der Waals surface area contributed by atoms with E-state index in [1.54, 1.807) is 0 Å². The average molecular weight is 467 g/mol. The Kier molecular flexibility index (Phi) is 5.96. The lowest BCUT2D eigenvalue weighted by molar-refractivity contribution is 0.563. The highest BCUT2D eigenvalue weighted by Crippen LogP contribution is 2.43. The molecule has 0 spiro atoms. The van der Waals surface area contributed by atoms with Crippen molar-refractivity contribution < 1.29 is 0 Å². The molecule has 2 atom stereocenters. The lowest BCUT2D eigenvalue weighted by Crippen LogP contribution is -2.29. The van der Waals surface area contributed by atoms with Crippen molar-refractivity contribution in [1.29, 1.82) is 0 Å². The monoisotopic (exact) mass is 466 g/mol. The van der Waals surface area contributed by atoms with Crippen molar-refractivity contribution in [2.45, 2.75) is 46.3 Å². The summed E-state index contributed by atoms with van der Waals surface area (Å²) in [5.41, 5.74) is 9.71. The summed E-state index contributed by atoms with van der Waals surface area (Å²) in [4.78, 5) is 6.98. The van der Waals surface area contributed by atoms with Gasteiger partial charge >= 0.3 is 0 Å². The average Bonchev–Trinajstić information content (AvgIpc) is 3.33. The van der Waals surface area contributed by atoms with E-state index in [0.717, 1.165) is 23.0 Å². The van der Waals surface area contributed by atoms with E-state index in [1.165, 1.54) is 33.6 Å². The maximum absolute atomic E-state index is 5.92. The molecule has 5 heteroatoms. The van der Waals surface area contributed by atoms with Crippen LogP contribution < -0.4 is 10.2 Å². The van der Waals surface area contributed by atoms with Gasteiger partial charge in [-0.15, -0.1) is 0 Å². The number of benzene rings is 2. The molecule has 34 heavy (non-hydrogen) atoms. The second kappa shape index (κ2) is 9.07. The van der Waals surface area contributed by atoms with Gasteiger partial charge in [0.1, 0.15) is 0 Å². The van der Waals surface area contributed by atoms with Crippen LogP contribution in [0.4, 0.5) is 5.69 Å². The van der Waals surface area contributed by atoms with Gasteiger partial charge in [0.2, 0.25) is 0 Å². The SMILES string of the molecule is Cc1ccc(N2C(=S)N[C@H](c3ccccn3)[C@H]2c2cc(C)n(Cc3ccccc3)c2C)cc1C. The molecule has 1 N–H and O–H groups in total. The molecule has 1 fully saturated rings. The molecule has 2 aromatic heterocycles. The summed E-state index contributed by atoms with van der Waals surface area (Å²) in [5, 5.41) is 4.33. The minimum Gasteiger partial charge on any atom is -0.351 e. The lowest BCUT2D eigenvalue weighted by Gasteiger charge is -2.28. The van der Waals surface area contributed by atoms with Gasteiger partial charge in [-0.2, -0.15) is 0 Å². The molecule has 0 aliphatic carbocycles. The molecule has 0 unspecified atom stereocenters. The predicted octanol–water partition coefficient (Wildman–Crippen LogP) is 6.34. The molecule has 3 heterocycles. The van der Waals surface area contributed by atoms with Gasteiger partial charge in [0.05, 0.1) is 17.8 Å². The Balaban J connectivity index is 1.63. The summed E-state index contributed by atoms with van der Waals surface area (Å²) >= 11 is 5.92. The molecule has 0 bridgehead atoms. The topological polar surface area (TPSA) is 33.1 Å². The van der Waals surface area contributed by atoms with Gasteiger partial charge in [0, 0.05) is 29.8 Å². The number of aromatic nitrogens is 2. The van der Waals surface area contributed by atoms with Crippen molar-refractivity contribution in [3.8, 4) is 0 Å². The van der Waals surface area contributed by atoms with Gasteiger partial charge in [0.15, 0.2) is 5.11 Å². The zero-order valence-corrected chi connectivity index (χ0v) is 20.9. The molecule has 0 saturated carbocycles. The van der Waals surface area contributed by atoms with Crippen molar-refractivity contribution in [2.24, 2.45) is 0 Å². The summed E-state index contributed by atoms with van der Waals surface area (Å²) in [6, 6.07) is 25.6. The first-order valence-electron chi connectivity index (χ1n) is 11.7. The van der Waals surface area contributed by atoms with Crippen LogP contribution in [0.5, 0.6) is 0 Å².